The van der Waals surface area contributed by atoms with Crippen LogP contribution in [0.3, 0.4) is 0 Å². The molecule has 4 nitrogen and oxygen atoms in total. The number of nitrogens with two attached hydrogens (primary N) is 1. The molecule has 0 amide bonds. The fourth-order valence-corrected chi connectivity index (χ4v) is 4.19. The van der Waals surface area contributed by atoms with Gasteiger partial charge in [0.2, 0.25) is 10.0 Å². The molecule has 118 valence electrons. The zero-order valence-corrected chi connectivity index (χ0v) is 13.0. The summed E-state index contributed by atoms with van der Waals surface area (Å²) in [6.07, 6.45) is 1.51. The van der Waals surface area contributed by atoms with Gasteiger partial charge in [0.15, 0.2) is 11.6 Å². The van der Waals surface area contributed by atoms with E-state index in [1.165, 1.54) is 4.31 Å². The molecule has 0 bridgehead atoms. The molecule has 0 aromatic heterocycles. The number of rotatable bonds is 6. The monoisotopic (exact) mass is 318 g/mol. The maximum Gasteiger partial charge on any atom is 0.246 e. The zero-order valence-electron chi connectivity index (χ0n) is 12.1. The van der Waals surface area contributed by atoms with Gasteiger partial charge in [0, 0.05) is 19.1 Å². The van der Waals surface area contributed by atoms with Gasteiger partial charge in [-0.15, -0.1) is 0 Å². The summed E-state index contributed by atoms with van der Waals surface area (Å²) in [5.41, 5.74) is 5.67. The van der Waals surface area contributed by atoms with Gasteiger partial charge >= 0.3 is 0 Å². The average molecular weight is 318 g/mol. The van der Waals surface area contributed by atoms with Crippen LogP contribution >= 0.6 is 0 Å². The fourth-order valence-electron chi connectivity index (χ4n) is 2.21. The Labute approximate surface area is 124 Å². The van der Waals surface area contributed by atoms with Crippen molar-refractivity contribution < 1.29 is 17.2 Å². The van der Waals surface area contributed by atoms with E-state index in [-0.39, 0.29) is 24.1 Å². The van der Waals surface area contributed by atoms with Crippen molar-refractivity contribution in [3.63, 3.8) is 0 Å². The topological polar surface area (TPSA) is 63.4 Å². The van der Waals surface area contributed by atoms with E-state index in [1.54, 1.807) is 0 Å². The summed E-state index contributed by atoms with van der Waals surface area (Å²) in [6, 6.07) is 1.95. The van der Waals surface area contributed by atoms with Gasteiger partial charge in [0.25, 0.3) is 0 Å². The molecule has 0 radical (unpaired) electrons. The Morgan fingerprint density at radius 3 is 2.43 bits per heavy atom. The van der Waals surface area contributed by atoms with Gasteiger partial charge in [-0.3, -0.25) is 0 Å². The summed E-state index contributed by atoms with van der Waals surface area (Å²) >= 11 is 0. The van der Waals surface area contributed by atoms with Crippen molar-refractivity contribution in [1.29, 1.82) is 0 Å². The van der Waals surface area contributed by atoms with Gasteiger partial charge in [-0.05, 0) is 36.5 Å². The van der Waals surface area contributed by atoms with Crippen molar-refractivity contribution in [3.8, 4) is 0 Å². The Kier molecular flexibility index (Phi) is 4.65. The molecule has 0 saturated heterocycles. The molecule has 1 fully saturated rings. The minimum Gasteiger partial charge on any atom is -0.326 e. The highest BCUT2D eigenvalue weighted by Gasteiger charge is 2.40. The standard InChI is InChI=1S/C14H20F2N2O2S/c1-9(2)8-18(11-3-4-11)21(19,20)13-6-10(7-17)5-12(15)14(13)16/h5-6,9,11H,3-4,7-8,17H2,1-2H3. The van der Waals surface area contributed by atoms with Crippen LogP contribution in [-0.2, 0) is 16.6 Å². The summed E-state index contributed by atoms with van der Waals surface area (Å²) in [5, 5.41) is 0. The lowest BCUT2D eigenvalue weighted by Gasteiger charge is -2.24. The summed E-state index contributed by atoms with van der Waals surface area (Å²) in [4.78, 5) is -0.615. The van der Waals surface area contributed by atoms with E-state index in [9.17, 15) is 17.2 Å². The zero-order chi connectivity index (χ0) is 15.8. The van der Waals surface area contributed by atoms with E-state index in [0.717, 1.165) is 25.0 Å². The van der Waals surface area contributed by atoms with Crippen LogP contribution in [-0.4, -0.2) is 25.3 Å². The summed E-state index contributed by atoms with van der Waals surface area (Å²) < 4.78 is 54.2. The molecule has 0 atom stereocenters. The van der Waals surface area contributed by atoms with Crippen molar-refractivity contribution in [2.24, 2.45) is 11.7 Å². The smallest absolute Gasteiger partial charge is 0.246 e. The Bertz CT molecular complexity index is 628. The molecular formula is C14H20F2N2O2S. The highest BCUT2D eigenvalue weighted by atomic mass is 32.2. The Hall–Kier alpha value is -1.05. The largest absolute Gasteiger partial charge is 0.326 e. The SMILES string of the molecule is CC(C)CN(C1CC1)S(=O)(=O)c1cc(CN)cc(F)c1F. The molecule has 2 rings (SSSR count). The van der Waals surface area contributed by atoms with Crippen molar-refractivity contribution in [3.05, 3.63) is 29.3 Å². The third-order valence-corrected chi connectivity index (χ3v) is 5.29. The summed E-state index contributed by atoms with van der Waals surface area (Å²) in [6.45, 7) is 4.02. The van der Waals surface area contributed by atoms with Crippen molar-refractivity contribution >= 4 is 10.0 Å². The molecule has 1 aliphatic carbocycles. The lowest BCUT2D eigenvalue weighted by Crippen LogP contribution is -2.36. The molecule has 21 heavy (non-hydrogen) atoms. The van der Waals surface area contributed by atoms with Crippen LogP contribution in [0.4, 0.5) is 8.78 Å². The van der Waals surface area contributed by atoms with Gasteiger partial charge in [-0.1, -0.05) is 13.8 Å². The first-order valence-electron chi connectivity index (χ1n) is 6.97. The van der Waals surface area contributed by atoms with Crippen molar-refractivity contribution in [2.45, 2.75) is 44.2 Å². The number of benzene rings is 1. The second-order valence-electron chi connectivity index (χ2n) is 5.79. The number of halogens is 2. The first kappa shape index (κ1) is 16.3. The molecule has 2 N–H and O–H groups in total. The molecule has 1 saturated carbocycles. The maximum absolute atomic E-state index is 14.0. The van der Waals surface area contributed by atoms with Gasteiger partial charge in [0.05, 0.1) is 0 Å². The van der Waals surface area contributed by atoms with E-state index in [2.05, 4.69) is 0 Å². The third kappa shape index (κ3) is 3.41. The summed E-state index contributed by atoms with van der Waals surface area (Å²) in [5.74, 6) is -2.41. The van der Waals surface area contributed by atoms with Gasteiger partial charge in [-0.2, -0.15) is 4.31 Å². The number of nitrogens with zero attached hydrogens (tertiary/aromatic N) is 1. The van der Waals surface area contributed by atoms with E-state index in [1.807, 2.05) is 13.8 Å². The number of sulfonamides is 1. The molecule has 1 aliphatic rings. The molecule has 7 heteroatoms. The predicted molar refractivity (Wildman–Crippen MR) is 76.0 cm³/mol. The highest BCUT2D eigenvalue weighted by Crippen LogP contribution is 2.34. The minimum absolute atomic E-state index is 0.0483. The minimum atomic E-state index is -4.06. The van der Waals surface area contributed by atoms with E-state index in [0.29, 0.717) is 6.54 Å². The van der Waals surface area contributed by atoms with Gasteiger partial charge in [0.1, 0.15) is 4.90 Å². The molecule has 0 aliphatic heterocycles. The van der Waals surface area contributed by atoms with Crippen molar-refractivity contribution in [1.82, 2.24) is 4.31 Å². The second-order valence-corrected chi connectivity index (χ2v) is 7.65. The number of hydrogen-bond acceptors (Lipinski definition) is 3. The van der Waals surface area contributed by atoms with Crippen LogP contribution in [0.15, 0.2) is 17.0 Å². The predicted octanol–water partition coefficient (Wildman–Crippen LogP) is 2.23. The lowest BCUT2D eigenvalue weighted by molar-refractivity contribution is 0.356. The van der Waals surface area contributed by atoms with Crippen LogP contribution in [0, 0.1) is 17.6 Å². The maximum atomic E-state index is 14.0. The Morgan fingerprint density at radius 2 is 1.95 bits per heavy atom. The van der Waals surface area contributed by atoms with Crippen LogP contribution in [0.25, 0.3) is 0 Å². The van der Waals surface area contributed by atoms with Crippen LogP contribution in [0.5, 0.6) is 0 Å². The average Bonchev–Trinajstić information content (AvgIpc) is 3.22. The van der Waals surface area contributed by atoms with Crippen molar-refractivity contribution in [2.75, 3.05) is 6.54 Å². The fraction of sp³-hybridized carbons (Fsp3) is 0.571. The number of hydrogen-bond donors (Lipinski definition) is 1. The quantitative estimate of drug-likeness (QED) is 0.875. The summed E-state index contributed by atoms with van der Waals surface area (Å²) in [7, 11) is -4.06. The molecule has 0 heterocycles. The molecule has 1 aromatic rings. The molecule has 1 aromatic carbocycles. The van der Waals surface area contributed by atoms with E-state index in [4.69, 9.17) is 5.73 Å². The first-order valence-corrected chi connectivity index (χ1v) is 8.41. The van der Waals surface area contributed by atoms with Gasteiger partial charge in [-0.25, -0.2) is 17.2 Å². The van der Waals surface area contributed by atoms with E-state index >= 15 is 0 Å². The van der Waals surface area contributed by atoms with Gasteiger partial charge < -0.3 is 5.73 Å². The van der Waals surface area contributed by atoms with Crippen LogP contribution < -0.4 is 5.73 Å². The Morgan fingerprint density at radius 1 is 1.33 bits per heavy atom. The molecular weight excluding hydrogens is 298 g/mol. The van der Waals surface area contributed by atoms with Crippen LogP contribution in [0.1, 0.15) is 32.3 Å². The normalized spacial score (nSPS) is 16.0. The lowest BCUT2D eigenvalue weighted by atomic mass is 10.2. The Balaban J connectivity index is 2.49. The highest BCUT2D eigenvalue weighted by molar-refractivity contribution is 7.89. The van der Waals surface area contributed by atoms with Crippen LogP contribution in [0.2, 0.25) is 0 Å². The first-order chi connectivity index (χ1) is 9.77. The van der Waals surface area contributed by atoms with E-state index < -0.39 is 26.6 Å². The third-order valence-electron chi connectivity index (χ3n) is 3.38. The second kappa shape index (κ2) is 5.98. The molecule has 0 unspecified atom stereocenters. The molecule has 0 spiro atoms.